The van der Waals surface area contributed by atoms with Crippen LogP contribution >= 0.6 is 0 Å². The maximum Gasteiger partial charge on any atom is 0.274 e. The first-order valence-corrected chi connectivity index (χ1v) is 24.5. The largest absolute Gasteiger partial charge is 0.338 e. The third kappa shape index (κ3) is 12.0. The number of carbonyl (C=O) groups excluding carboxylic acids is 4. The van der Waals surface area contributed by atoms with Crippen LogP contribution in [0.3, 0.4) is 0 Å². The molecule has 0 unspecified atom stereocenters. The molecular formula is C53H59FN12O5. The molecule has 3 N–H and O–H groups in total. The van der Waals surface area contributed by atoms with Gasteiger partial charge in [-0.15, -0.1) is 0 Å². The van der Waals surface area contributed by atoms with Crippen molar-refractivity contribution in [2.75, 3.05) is 90.4 Å². The topological polar surface area (TPSA) is 193 Å². The van der Waals surface area contributed by atoms with Crippen molar-refractivity contribution in [1.82, 2.24) is 55.0 Å². The Bertz CT molecular complexity index is 2930. The number of piperazine rings is 2. The van der Waals surface area contributed by atoms with Gasteiger partial charge in [0.2, 0.25) is 11.8 Å². The van der Waals surface area contributed by atoms with Crippen LogP contribution in [-0.2, 0) is 29.0 Å². The highest BCUT2D eigenvalue weighted by molar-refractivity contribution is 6.03. The second-order valence-electron chi connectivity index (χ2n) is 18.5. The van der Waals surface area contributed by atoms with Crippen molar-refractivity contribution >= 4 is 40.1 Å². The van der Waals surface area contributed by atoms with E-state index in [1.54, 1.807) is 58.7 Å². The fourth-order valence-electron chi connectivity index (χ4n) is 9.70. The molecule has 368 valence electrons. The molecule has 6 aromatic rings. The molecule has 4 amide bonds. The van der Waals surface area contributed by atoms with Crippen molar-refractivity contribution in [3.63, 3.8) is 0 Å². The van der Waals surface area contributed by atoms with Crippen LogP contribution in [0.5, 0.6) is 0 Å². The normalized spacial score (nSPS) is 16.1. The number of pyridine rings is 1. The Morgan fingerprint density at radius 1 is 0.718 bits per heavy atom. The van der Waals surface area contributed by atoms with Crippen molar-refractivity contribution in [3.05, 3.63) is 148 Å². The summed E-state index contributed by atoms with van der Waals surface area (Å²) in [6.07, 6.45) is 8.10. The standard InChI is InChI=1S/C53H59FN12O5/c1-2-36-7-5-8-39(27-36)40-30-46(59-48(67)33-55-32-47-56-15-6-16-57-47)50(58-31-40)53(71)66-21-19-63(20-22-66)34-37-13-17-62(18-14-37)35-49(68)64-23-25-65(26-24-64)52(70)43-28-38(11-12-44(43)54)29-45-41-9-3-4-10-42(41)51(69)61-60-45/h3-12,15-16,27-28,30-31,37,55H,2,13-14,17-26,29,32-35H2,1H3,(H,59,67)(H,61,69). The Labute approximate surface area is 411 Å². The van der Waals surface area contributed by atoms with Crippen LogP contribution in [0.1, 0.15) is 63.3 Å². The lowest BCUT2D eigenvalue weighted by molar-refractivity contribution is -0.134. The summed E-state index contributed by atoms with van der Waals surface area (Å²) in [7, 11) is 0. The van der Waals surface area contributed by atoms with Crippen LogP contribution in [0.15, 0.2) is 102 Å². The summed E-state index contributed by atoms with van der Waals surface area (Å²) in [5.74, 6) is -0.503. The van der Waals surface area contributed by atoms with Crippen molar-refractivity contribution in [2.45, 2.75) is 39.2 Å². The van der Waals surface area contributed by atoms with E-state index in [2.05, 4.69) is 64.6 Å². The number of anilines is 1. The molecule has 17 nitrogen and oxygen atoms in total. The number of aromatic nitrogens is 5. The van der Waals surface area contributed by atoms with E-state index >= 15 is 4.39 Å². The molecule has 0 atom stereocenters. The highest BCUT2D eigenvalue weighted by atomic mass is 19.1. The molecule has 6 heterocycles. The zero-order chi connectivity index (χ0) is 49.3. The zero-order valence-electron chi connectivity index (χ0n) is 40.0. The fourth-order valence-corrected chi connectivity index (χ4v) is 9.70. The molecule has 0 bridgehead atoms. The van der Waals surface area contributed by atoms with E-state index in [9.17, 15) is 24.0 Å². The average molecular weight is 963 g/mol. The molecule has 3 fully saturated rings. The summed E-state index contributed by atoms with van der Waals surface area (Å²) in [6.45, 7) is 9.12. The summed E-state index contributed by atoms with van der Waals surface area (Å²) in [5.41, 5.74) is 4.49. The number of benzene rings is 3. The van der Waals surface area contributed by atoms with E-state index in [0.29, 0.717) is 98.2 Å². The van der Waals surface area contributed by atoms with Gasteiger partial charge in [0.1, 0.15) is 11.6 Å². The monoisotopic (exact) mass is 962 g/mol. The SMILES string of the molecule is CCc1cccc(-c2cnc(C(=O)N3CCN(CC4CCN(CC(=O)N5CCN(C(=O)c6cc(Cc7n[nH]c(=O)c8ccccc78)ccc6F)CC5)CC4)CC3)c(NC(=O)CNCc3ncccn3)c2)c1. The third-order valence-corrected chi connectivity index (χ3v) is 13.8. The lowest BCUT2D eigenvalue weighted by Crippen LogP contribution is -2.53. The summed E-state index contributed by atoms with van der Waals surface area (Å²) >= 11 is 0. The van der Waals surface area contributed by atoms with Crippen LogP contribution in [0.2, 0.25) is 0 Å². The number of aromatic amines is 1. The molecule has 0 radical (unpaired) electrons. The van der Waals surface area contributed by atoms with Gasteiger partial charge < -0.3 is 25.3 Å². The minimum Gasteiger partial charge on any atom is -0.338 e. The van der Waals surface area contributed by atoms with Gasteiger partial charge in [-0.1, -0.05) is 55.5 Å². The van der Waals surface area contributed by atoms with Crippen molar-refractivity contribution in [1.29, 1.82) is 0 Å². The highest BCUT2D eigenvalue weighted by Crippen LogP contribution is 2.27. The smallest absolute Gasteiger partial charge is 0.274 e. The second kappa shape index (κ2) is 22.6. The van der Waals surface area contributed by atoms with E-state index in [1.165, 1.54) is 11.6 Å². The van der Waals surface area contributed by atoms with E-state index in [-0.39, 0.29) is 41.1 Å². The van der Waals surface area contributed by atoms with E-state index in [1.807, 2.05) is 35.2 Å². The molecule has 0 aliphatic carbocycles. The van der Waals surface area contributed by atoms with Gasteiger partial charge in [0.15, 0.2) is 5.69 Å². The molecule has 3 aromatic heterocycles. The van der Waals surface area contributed by atoms with Gasteiger partial charge in [0.25, 0.3) is 17.4 Å². The lowest BCUT2D eigenvalue weighted by atomic mass is 9.96. The predicted octanol–water partition coefficient (Wildman–Crippen LogP) is 4.25. The van der Waals surface area contributed by atoms with Crippen LogP contribution in [-0.4, -0.2) is 158 Å². The van der Waals surface area contributed by atoms with Gasteiger partial charge in [-0.3, -0.25) is 33.8 Å². The minimum atomic E-state index is -0.612. The number of carbonyl (C=O) groups is 4. The first-order chi connectivity index (χ1) is 34.6. The van der Waals surface area contributed by atoms with E-state index in [4.69, 9.17) is 0 Å². The number of hydrogen-bond donors (Lipinski definition) is 3. The molecule has 0 saturated carbocycles. The van der Waals surface area contributed by atoms with Crippen LogP contribution in [0.25, 0.3) is 21.9 Å². The number of hydrogen-bond acceptors (Lipinski definition) is 12. The molecule has 18 heteroatoms. The van der Waals surface area contributed by atoms with Crippen molar-refractivity contribution in [3.8, 4) is 11.1 Å². The van der Waals surface area contributed by atoms with E-state index < -0.39 is 11.7 Å². The molecule has 3 aromatic carbocycles. The molecule has 3 aliphatic heterocycles. The zero-order valence-corrected chi connectivity index (χ0v) is 40.0. The first-order valence-electron chi connectivity index (χ1n) is 24.5. The maximum atomic E-state index is 15.1. The predicted molar refractivity (Wildman–Crippen MR) is 267 cm³/mol. The van der Waals surface area contributed by atoms with Crippen molar-refractivity contribution < 1.29 is 23.6 Å². The number of nitrogens with one attached hydrogen (secondary N) is 3. The minimum absolute atomic E-state index is 0.00193. The van der Waals surface area contributed by atoms with Crippen LogP contribution in [0, 0.1) is 11.7 Å². The van der Waals surface area contributed by atoms with Gasteiger partial charge in [0.05, 0.1) is 42.0 Å². The Morgan fingerprint density at radius 2 is 1.44 bits per heavy atom. The maximum absolute atomic E-state index is 15.1. The number of nitrogens with zero attached hydrogens (tertiary/aromatic N) is 9. The molecule has 0 spiro atoms. The summed E-state index contributed by atoms with van der Waals surface area (Å²) in [5, 5.41) is 14.0. The molecule has 9 rings (SSSR count). The number of likely N-dealkylation sites (tertiary alicyclic amines) is 1. The van der Waals surface area contributed by atoms with E-state index in [0.717, 1.165) is 63.1 Å². The molecule has 71 heavy (non-hydrogen) atoms. The van der Waals surface area contributed by atoms with Gasteiger partial charge >= 0.3 is 0 Å². The quantitative estimate of drug-likeness (QED) is 0.133. The molecule has 3 saturated heterocycles. The summed E-state index contributed by atoms with van der Waals surface area (Å²) < 4.78 is 15.1. The highest BCUT2D eigenvalue weighted by Gasteiger charge is 2.31. The lowest BCUT2D eigenvalue weighted by Gasteiger charge is -2.39. The second-order valence-corrected chi connectivity index (χ2v) is 18.5. The summed E-state index contributed by atoms with van der Waals surface area (Å²) in [4.78, 5) is 89.5. The number of halogens is 1. The number of rotatable bonds is 15. The van der Waals surface area contributed by atoms with Gasteiger partial charge in [-0.25, -0.2) is 24.4 Å². The number of aryl methyl sites for hydroxylation is 1. The Kier molecular flexibility index (Phi) is 15.5. The number of fused-ring (bicyclic) bond motifs is 1. The van der Waals surface area contributed by atoms with Crippen molar-refractivity contribution in [2.24, 2.45) is 5.92 Å². The average Bonchev–Trinajstić information content (AvgIpc) is 3.40. The fraction of sp³-hybridized carbons (Fsp3) is 0.377. The molecule has 3 aliphatic rings. The van der Waals surface area contributed by atoms with Gasteiger partial charge in [-0.2, -0.15) is 5.10 Å². The number of amides is 4. The number of piperidine rings is 1. The van der Waals surface area contributed by atoms with Gasteiger partial charge in [-0.05, 0) is 85.3 Å². The Morgan fingerprint density at radius 3 is 2.20 bits per heavy atom. The molecular weight excluding hydrogens is 904 g/mol. The number of H-pyrrole nitrogens is 1. The summed E-state index contributed by atoms with van der Waals surface area (Å²) in [6, 6.07) is 23.3. The first kappa shape index (κ1) is 48.7. The van der Waals surface area contributed by atoms with Crippen LogP contribution < -0.4 is 16.2 Å². The third-order valence-electron chi connectivity index (χ3n) is 13.8. The Hall–Kier alpha value is -7.28. The van der Waals surface area contributed by atoms with Gasteiger partial charge in [0, 0.05) is 94.9 Å². The van der Waals surface area contributed by atoms with Crippen LogP contribution in [0.4, 0.5) is 10.1 Å². The Balaban J connectivity index is 0.721.